The van der Waals surface area contributed by atoms with Gasteiger partial charge in [0.05, 0.1) is 19.9 Å². The molecule has 0 radical (unpaired) electrons. The highest BCUT2D eigenvalue weighted by molar-refractivity contribution is 5.89. The van der Waals surface area contributed by atoms with Gasteiger partial charge in [0.1, 0.15) is 11.5 Å². The molecule has 1 amide bonds. The minimum absolute atomic E-state index is 0.308. The third-order valence-electron chi connectivity index (χ3n) is 3.26. The van der Waals surface area contributed by atoms with Gasteiger partial charge >= 0.3 is 5.97 Å². The number of ether oxygens (including phenoxy) is 2. The number of nitrogens with zero attached hydrogens (tertiary/aromatic N) is 1. The molecule has 2 rings (SSSR count). The van der Waals surface area contributed by atoms with E-state index in [2.05, 4.69) is 0 Å². The fourth-order valence-electron chi connectivity index (χ4n) is 1.89. The van der Waals surface area contributed by atoms with Crippen LogP contribution in [0, 0.1) is 0 Å². The summed E-state index contributed by atoms with van der Waals surface area (Å²) in [5, 5.41) is 0. The number of furan rings is 1. The molecule has 1 aromatic heterocycles. The summed E-state index contributed by atoms with van der Waals surface area (Å²) in [4.78, 5) is 25.0. The van der Waals surface area contributed by atoms with Gasteiger partial charge in [-0.1, -0.05) is 12.1 Å². The number of methoxy groups -OCH3 is 1. The Bertz CT molecular complexity index is 689. The van der Waals surface area contributed by atoms with Crippen LogP contribution < -0.4 is 4.74 Å². The minimum Gasteiger partial charge on any atom is -0.497 e. The van der Waals surface area contributed by atoms with Crippen LogP contribution in [-0.2, 0) is 20.9 Å². The lowest BCUT2D eigenvalue weighted by atomic mass is 10.2. The van der Waals surface area contributed by atoms with E-state index in [0.717, 1.165) is 11.3 Å². The number of rotatable bonds is 7. The molecular weight excluding hydrogens is 310 g/mol. The topological polar surface area (TPSA) is 69.0 Å². The van der Waals surface area contributed by atoms with Crippen molar-refractivity contribution in [2.45, 2.75) is 6.54 Å². The van der Waals surface area contributed by atoms with Crippen molar-refractivity contribution in [3.63, 3.8) is 0 Å². The van der Waals surface area contributed by atoms with Gasteiger partial charge in [-0.15, -0.1) is 0 Å². The van der Waals surface area contributed by atoms with E-state index >= 15 is 0 Å². The van der Waals surface area contributed by atoms with Crippen LogP contribution >= 0.6 is 0 Å². The van der Waals surface area contributed by atoms with E-state index in [4.69, 9.17) is 13.9 Å². The Kier molecular flexibility index (Phi) is 6.19. The summed E-state index contributed by atoms with van der Waals surface area (Å²) in [5.41, 5.74) is 0.828. The number of amides is 1. The smallest absolute Gasteiger partial charge is 0.331 e. The van der Waals surface area contributed by atoms with Crippen LogP contribution in [0.1, 0.15) is 11.3 Å². The molecule has 24 heavy (non-hydrogen) atoms. The number of benzene rings is 1. The van der Waals surface area contributed by atoms with Crippen LogP contribution in [-0.4, -0.2) is 37.5 Å². The molecule has 1 heterocycles. The molecule has 0 atom stereocenters. The average molecular weight is 329 g/mol. The van der Waals surface area contributed by atoms with Gasteiger partial charge in [-0.25, -0.2) is 4.79 Å². The quantitative estimate of drug-likeness (QED) is 0.577. The SMILES string of the molecule is COc1ccc(/C=C/C(=O)OCC(=O)N(C)Cc2ccco2)cc1. The Balaban J connectivity index is 1.77. The number of carbonyl (C=O) groups excluding carboxylic acids is 2. The largest absolute Gasteiger partial charge is 0.497 e. The normalized spacial score (nSPS) is 10.6. The molecule has 0 bridgehead atoms. The zero-order chi connectivity index (χ0) is 17.4. The molecule has 0 saturated heterocycles. The maximum Gasteiger partial charge on any atom is 0.331 e. The Morgan fingerprint density at radius 3 is 2.58 bits per heavy atom. The molecule has 0 unspecified atom stereocenters. The lowest BCUT2D eigenvalue weighted by Crippen LogP contribution is -2.30. The number of hydrogen-bond acceptors (Lipinski definition) is 5. The maximum absolute atomic E-state index is 11.9. The third-order valence-corrected chi connectivity index (χ3v) is 3.26. The van der Waals surface area contributed by atoms with E-state index in [1.54, 1.807) is 44.5 Å². The molecular formula is C18H19NO5. The van der Waals surface area contributed by atoms with E-state index < -0.39 is 5.97 Å². The highest BCUT2D eigenvalue weighted by Gasteiger charge is 2.12. The van der Waals surface area contributed by atoms with Crippen molar-refractivity contribution >= 4 is 18.0 Å². The number of esters is 1. The maximum atomic E-state index is 11.9. The van der Waals surface area contributed by atoms with E-state index in [1.165, 1.54) is 17.2 Å². The van der Waals surface area contributed by atoms with Crippen molar-refractivity contribution in [1.29, 1.82) is 0 Å². The lowest BCUT2D eigenvalue weighted by molar-refractivity contribution is -0.147. The first kappa shape index (κ1) is 17.3. The Hall–Kier alpha value is -3.02. The standard InChI is InChI=1S/C18H19NO5/c1-19(12-16-4-3-11-23-16)17(20)13-24-18(21)10-7-14-5-8-15(22-2)9-6-14/h3-11H,12-13H2,1-2H3/b10-7+. The Labute approximate surface area is 140 Å². The molecule has 0 fully saturated rings. The van der Waals surface area contributed by atoms with Gasteiger partial charge in [0.15, 0.2) is 6.61 Å². The molecule has 0 N–H and O–H groups in total. The minimum atomic E-state index is -0.578. The van der Waals surface area contributed by atoms with E-state index in [-0.39, 0.29) is 12.5 Å². The molecule has 1 aromatic carbocycles. The van der Waals surface area contributed by atoms with Crippen molar-refractivity contribution in [2.75, 3.05) is 20.8 Å². The molecule has 6 heteroatoms. The highest BCUT2D eigenvalue weighted by Crippen LogP contribution is 2.12. The summed E-state index contributed by atoms with van der Waals surface area (Å²) in [6, 6.07) is 10.7. The first-order valence-corrected chi connectivity index (χ1v) is 7.33. The van der Waals surface area contributed by atoms with Crippen molar-refractivity contribution in [3.05, 3.63) is 60.1 Å². The van der Waals surface area contributed by atoms with Crippen LogP contribution in [0.4, 0.5) is 0 Å². The average Bonchev–Trinajstić information content (AvgIpc) is 3.11. The van der Waals surface area contributed by atoms with Gasteiger partial charge in [0, 0.05) is 13.1 Å². The zero-order valence-electron chi connectivity index (χ0n) is 13.6. The summed E-state index contributed by atoms with van der Waals surface area (Å²) in [6.45, 7) is 0.00800. The second-order valence-electron chi connectivity index (χ2n) is 5.04. The molecule has 0 aliphatic rings. The van der Waals surface area contributed by atoms with Gasteiger partial charge in [-0.05, 0) is 35.9 Å². The first-order valence-electron chi connectivity index (χ1n) is 7.33. The van der Waals surface area contributed by atoms with Gasteiger partial charge in [0.25, 0.3) is 5.91 Å². The number of likely N-dealkylation sites (N-methyl/N-ethyl adjacent to an activating group) is 1. The van der Waals surface area contributed by atoms with Crippen LogP contribution in [0.2, 0.25) is 0 Å². The van der Waals surface area contributed by atoms with Gasteiger partial charge in [0.2, 0.25) is 0 Å². The van der Waals surface area contributed by atoms with Crippen molar-refractivity contribution < 1.29 is 23.5 Å². The molecule has 0 aliphatic carbocycles. The van der Waals surface area contributed by atoms with Gasteiger partial charge in [-0.3, -0.25) is 4.79 Å². The van der Waals surface area contributed by atoms with E-state index in [1.807, 2.05) is 12.1 Å². The van der Waals surface area contributed by atoms with Crippen molar-refractivity contribution in [1.82, 2.24) is 4.90 Å². The monoisotopic (exact) mass is 329 g/mol. The fraction of sp³-hybridized carbons (Fsp3) is 0.222. The van der Waals surface area contributed by atoms with Gasteiger partial charge in [-0.2, -0.15) is 0 Å². The van der Waals surface area contributed by atoms with Crippen LogP contribution in [0.25, 0.3) is 6.08 Å². The second kappa shape index (κ2) is 8.57. The summed E-state index contributed by atoms with van der Waals surface area (Å²) >= 11 is 0. The second-order valence-corrected chi connectivity index (χ2v) is 5.04. The van der Waals surface area contributed by atoms with Crippen LogP contribution in [0.5, 0.6) is 5.75 Å². The van der Waals surface area contributed by atoms with Crippen LogP contribution in [0.15, 0.2) is 53.2 Å². The van der Waals surface area contributed by atoms with Crippen molar-refractivity contribution in [3.8, 4) is 5.75 Å². The third kappa shape index (κ3) is 5.31. The molecule has 0 aliphatic heterocycles. The van der Waals surface area contributed by atoms with Gasteiger partial charge < -0.3 is 18.8 Å². The number of hydrogen-bond donors (Lipinski definition) is 0. The molecule has 126 valence electrons. The molecule has 2 aromatic rings. The molecule has 0 spiro atoms. The first-order chi connectivity index (χ1) is 11.6. The van der Waals surface area contributed by atoms with Crippen LogP contribution in [0.3, 0.4) is 0 Å². The van der Waals surface area contributed by atoms with E-state index in [0.29, 0.717) is 12.3 Å². The molecule has 6 nitrogen and oxygen atoms in total. The summed E-state index contributed by atoms with van der Waals surface area (Å²) in [6.07, 6.45) is 4.43. The van der Waals surface area contributed by atoms with Crippen molar-refractivity contribution in [2.24, 2.45) is 0 Å². The molecule has 0 saturated carbocycles. The Morgan fingerprint density at radius 2 is 1.96 bits per heavy atom. The number of carbonyl (C=O) groups is 2. The summed E-state index contributed by atoms with van der Waals surface area (Å²) < 4.78 is 15.2. The lowest BCUT2D eigenvalue weighted by Gasteiger charge is -2.15. The van der Waals surface area contributed by atoms with E-state index in [9.17, 15) is 9.59 Å². The summed E-state index contributed by atoms with van der Waals surface area (Å²) in [7, 11) is 3.20. The zero-order valence-corrected chi connectivity index (χ0v) is 13.6. The predicted molar refractivity (Wildman–Crippen MR) is 88.2 cm³/mol. The Morgan fingerprint density at radius 1 is 1.21 bits per heavy atom. The predicted octanol–water partition coefficient (Wildman–Crippen LogP) is 2.50. The summed E-state index contributed by atoms with van der Waals surface area (Å²) in [5.74, 6) is 0.514. The fourth-order valence-corrected chi connectivity index (χ4v) is 1.89. The highest BCUT2D eigenvalue weighted by atomic mass is 16.5.